The first-order valence-corrected chi connectivity index (χ1v) is 8.98. The van der Waals surface area contributed by atoms with Crippen LogP contribution < -0.4 is 10.4 Å². The van der Waals surface area contributed by atoms with E-state index in [0.717, 1.165) is 22.1 Å². The molecule has 3 aromatic rings. The summed E-state index contributed by atoms with van der Waals surface area (Å²) in [4.78, 5) is 23.9. The van der Waals surface area contributed by atoms with Gasteiger partial charge in [-0.25, -0.2) is 4.79 Å². The zero-order valence-corrected chi connectivity index (χ0v) is 16.2. The number of hydrogen-bond acceptors (Lipinski definition) is 5. The Kier molecular flexibility index (Phi) is 5.94. The van der Waals surface area contributed by atoms with E-state index in [9.17, 15) is 9.59 Å². The molecule has 144 valence electrons. The number of esters is 1. The van der Waals surface area contributed by atoms with Crippen molar-refractivity contribution in [1.82, 2.24) is 0 Å². The van der Waals surface area contributed by atoms with Crippen molar-refractivity contribution >= 4 is 23.0 Å². The van der Waals surface area contributed by atoms with Crippen molar-refractivity contribution in [3.05, 3.63) is 81.2 Å². The molecule has 0 saturated heterocycles. The molecule has 1 aromatic heterocycles. The van der Waals surface area contributed by atoms with Gasteiger partial charge in [0, 0.05) is 10.9 Å². The number of ether oxygens (including phenoxy) is 2. The van der Waals surface area contributed by atoms with Crippen LogP contribution in [0.2, 0.25) is 0 Å². The largest absolute Gasteiger partial charge is 0.489 e. The number of methoxy groups -OCH3 is 1. The molecule has 0 atom stereocenters. The quantitative estimate of drug-likeness (QED) is 0.475. The Balaban J connectivity index is 1.85. The topological polar surface area (TPSA) is 65.7 Å². The van der Waals surface area contributed by atoms with Crippen molar-refractivity contribution in [1.29, 1.82) is 0 Å². The molecule has 0 aliphatic carbocycles. The summed E-state index contributed by atoms with van der Waals surface area (Å²) in [5.74, 6) is 0.171. The van der Waals surface area contributed by atoms with Gasteiger partial charge in [-0.3, -0.25) is 4.79 Å². The van der Waals surface area contributed by atoms with Crippen LogP contribution in [-0.4, -0.2) is 19.7 Å². The fourth-order valence-corrected chi connectivity index (χ4v) is 3.03. The van der Waals surface area contributed by atoms with Crippen LogP contribution in [0.15, 0.2) is 57.8 Å². The Hall–Kier alpha value is -3.34. The van der Waals surface area contributed by atoms with Gasteiger partial charge in [0.25, 0.3) is 0 Å². The molecule has 0 bridgehead atoms. The molecule has 3 rings (SSSR count). The molecule has 2 aromatic carbocycles. The summed E-state index contributed by atoms with van der Waals surface area (Å²) in [6, 6.07) is 13.7. The van der Waals surface area contributed by atoms with E-state index in [4.69, 9.17) is 9.15 Å². The van der Waals surface area contributed by atoms with Crippen LogP contribution >= 0.6 is 0 Å². The normalized spacial score (nSPS) is 11.1. The van der Waals surface area contributed by atoms with E-state index in [0.29, 0.717) is 23.5 Å². The van der Waals surface area contributed by atoms with Crippen LogP contribution in [0.1, 0.15) is 22.3 Å². The highest BCUT2D eigenvalue weighted by Crippen LogP contribution is 2.29. The number of carbonyl (C=O) groups excluding carboxylic acids is 1. The Bertz CT molecular complexity index is 1080. The average Bonchev–Trinajstić information content (AvgIpc) is 2.71. The number of aryl methyl sites for hydroxylation is 2. The summed E-state index contributed by atoms with van der Waals surface area (Å²) in [6.45, 7) is 4.05. The second kappa shape index (κ2) is 8.57. The van der Waals surface area contributed by atoms with Crippen molar-refractivity contribution in [2.45, 2.75) is 20.3 Å². The van der Waals surface area contributed by atoms with Crippen LogP contribution in [0, 0.1) is 13.8 Å². The van der Waals surface area contributed by atoms with Gasteiger partial charge in [0.15, 0.2) is 0 Å². The summed E-state index contributed by atoms with van der Waals surface area (Å²) in [7, 11) is 1.29. The molecule has 28 heavy (non-hydrogen) atoms. The number of benzene rings is 2. The minimum Gasteiger partial charge on any atom is -0.489 e. The van der Waals surface area contributed by atoms with Crippen molar-refractivity contribution in [3.8, 4) is 5.75 Å². The summed E-state index contributed by atoms with van der Waals surface area (Å²) in [6.07, 6.45) is 3.81. The summed E-state index contributed by atoms with van der Waals surface area (Å²) < 4.78 is 16.0. The maximum Gasteiger partial charge on any atom is 0.340 e. The first kappa shape index (κ1) is 19.4. The lowest BCUT2D eigenvalue weighted by Crippen LogP contribution is -2.16. The standard InChI is InChI=1S/C23H22O5/c1-15-18-11-12-20(27-13-7-10-17-8-5-4-6-9-17)16(2)22(18)28-23(25)19(15)14-21(24)26-3/h4-12H,13-14H2,1-3H3/b10-7+. The van der Waals surface area contributed by atoms with Crippen LogP contribution in [0.5, 0.6) is 5.75 Å². The molecular formula is C23H22O5. The third-order valence-electron chi connectivity index (χ3n) is 4.65. The number of rotatable bonds is 6. The van der Waals surface area contributed by atoms with Gasteiger partial charge in [-0.05, 0) is 43.2 Å². The maximum atomic E-state index is 12.4. The first-order chi connectivity index (χ1) is 13.5. The molecule has 0 N–H and O–H groups in total. The third-order valence-corrected chi connectivity index (χ3v) is 4.65. The zero-order chi connectivity index (χ0) is 20.1. The second-order valence-electron chi connectivity index (χ2n) is 6.44. The molecule has 0 radical (unpaired) electrons. The molecule has 0 fully saturated rings. The van der Waals surface area contributed by atoms with Gasteiger partial charge in [-0.2, -0.15) is 0 Å². The fraction of sp³-hybridized carbons (Fsp3) is 0.217. The minimum atomic E-state index is -0.528. The highest BCUT2D eigenvalue weighted by atomic mass is 16.5. The Morgan fingerprint density at radius 1 is 1.07 bits per heavy atom. The van der Waals surface area contributed by atoms with Gasteiger partial charge in [0.2, 0.25) is 0 Å². The van der Waals surface area contributed by atoms with Crippen LogP contribution in [0.3, 0.4) is 0 Å². The smallest absolute Gasteiger partial charge is 0.340 e. The van der Waals surface area contributed by atoms with Gasteiger partial charge < -0.3 is 13.9 Å². The van der Waals surface area contributed by atoms with Crippen molar-refractivity contribution in [2.24, 2.45) is 0 Å². The molecule has 0 amide bonds. The SMILES string of the molecule is COC(=O)Cc1c(C)c2ccc(OC/C=C/c3ccccc3)c(C)c2oc1=O. The van der Waals surface area contributed by atoms with E-state index < -0.39 is 11.6 Å². The summed E-state index contributed by atoms with van der Waals surface area (Å²) in [5.41, 5.74) is 2.82. The fourth-order valence-electron chi connectivity index (χ4n) is 3.03. The zero-order valence-electron chi connectivity index (χ0n) is 16.2. The summed E-state index contributed by atoms with van der Waals surface area (Å²) >= 11 is 0. The predicted octanol–water partition coefficient (Wildman–Crippen LogP) is 4.22. The summed E-state index contributed by atoms with van der Waals surface area (Å²) in [5, 5.41) is 0.781. The lowest BCUT2D eigenvalue weighted by atomic mass is 10.0. The van der Waals surface area contributed by atoms with E-state index in [2.05, 4.69) is 4.74 Å². The van der Waals surface area contributed by atoms with E-state index in [1.165, 1.54) is 7.11 Å². The molecule has 0 saturated carbocycles. The molecule has 0 unspecified atom stereocenters. The van der Waals surface area contributed by atoms with Gasteiger partial charge in [0.1, 0.15) is 17.9 Å². The Morgan fingerprint density at radius 3 is 2.54 bits per heavy atom. The second-order valence-corrected chi connectivity index (χ2v) is 6.44. The van der Waals surface area contributed by atoms with Crippen molar-refractivity contribution in [3.63, 3.8) is 0 Å². The van der Waals surface area contributed by atoms with E-state index in [1.807, 2.05) is 61.5 Å². The number of hydrogen-bond donors (Lipinski definition) is 0. The van der Waals surface area contributed by atoms with E-state index >= 15 is 0 Å². The van der Waals surface area contributed by atoms with Crippen LogP contribution in [-0.2, 0) is 16.0 Å². The predicted molar refractivity (Wildman–Crippen MR) is 109 cm³/mol. The van der Waals surface area contributed by atoms with Crippen LogP contribution in [0.4, 0.5) is 0 Å². The van der Waals surface area contributed by atoms with E-state index in [-0.39, 0.29) is 6.42 Å². The van der Waals surface area contributed by atoms with Crippen LogP contribution in [0.25, 0.3) is 17.0 Å². The molecular weight excluding hydrogens is 356 g/mol. The molecule has 1 heterocycles. The van der Waals surface area contributed by atoms with Gasteiger partial charge in [0.05, 0.1) is 19.1 Å². The molecule has 0 spiro atoms. The number of carbonyl (C=O) groups is 1. The molecule has 5 heteroatoms. The van der Waals surface area contributed by atoms with E-state index in [1.54, 1.807) is 6.92 Å². The highest BCUT2D eigenvalue weighted by Gasteiger charge is 2.17. The average molecular weight is 378 g/mol. The van der Waals surface area contributed by atoms with Crippen molar-refractivity contribution in [2.75, 3.05) is 13.7 Å². The lowest BCUT2D eigenvalue weighted by Gasteiger charge is -2.12. The van der Waals surface area contributed by atoms with Crippen molar-refractivity contribution < 1.29 is 18.7 Å². The third kappa shape index (κ3) is 4.14. The Morgan fingerprint density at radius 2 is 1.82 bits per heavy atom. The first-order valence-electron chi connectivity index (χ1n) is 8.98. The molecule has 5 nitrogen and oxygen atoms in total. The molecule has 0 aliphatic heterocycles. The number of fused-ring (bicyclic) bond motifs is 1. The lowest BCUT2D eigenvalue weighted by molar-refractivity contribution is -0.139. The minimum absolute atomic E-state index is 0.109. The highest BCUT2D eigenvalue weighted by molar-refractivity contribution is 5.86. The van der Waals surface area contributed by atoms with Gasteiger partial charge in [-0.15, -0.1) is 0 Å². The van der Waals surface area contributed by atoms with Gasteiger partial charge >= 0.3 is 11.6 Å². The molecule has 0 aliphatic rings. The maximum absolute atomic E-state index is 12.4. The Labute approximate surface area is 163 Å². The monoisotopic (exact) mass is 378 g/mol. The van der Waals surface area contributed by atoms with Gasteiger partial charge in [-0.1, -0.05) is 36.4 Å².